The molecule has 0 N–H and O–H groups in total. The fourth-order valence-corrected chi connectivity index (χ4v) is 8.37. The van der Waals surface area contributed by atoms with E-state index in [-0.39, 0.29) is 5.92 Å². The van der Waals surface area contributed by atoms with Gasteiger partial charge in [0.05, 0.1) is 0 Å². The van der Waals surface area contributed by atoms with Crippen molar-refractivity contribution >= 4 is 39.5 Å². The van der Waals surface area contributed by atoms with E-state index >= 15 is 0 Å². The van der Waals surface area contributed by atoms with Gasteiger partial charge in [0.1, 0.15) is 0 Å². The Balaban J connectivity index is 1.28. The van der Waals surface area contributed by atoms with Crippen LogP contribution in [0.15, 0.2) is 211 Å². The summed E-state index contributed by atoms with van der Waals surface area (Å²) < 4.78 is 0. The number of benzene rings is 7. The van der Waals surface area contributed by atoms with E-state index in [2.05, 4.69) is 195 Å². The Bertz CT molecular complexity index is 2750. The standard InChI is InChI=1S/C55H44N2/c1-3-4-29-56-37-39-15-13-21-44(30-39)54-49-23-11-12-24-50(49)55(45-22-14-20-43(31-45)53-28-25-38(2)36-57-53)52-35-42(26-27-51(52)54)48-33-46(40-16-7-5-8-17-40)32-47(34-48)41-18-9-6-10-19-41/h3-24,26-30,32-38,43H,1,25,31H2,2H3/b29-4-,56-37+. The smallest absolute Gasteiger partial charge is 0.0432 e. The van der Waals surface area contributed by atoms with Gasteiger partial charge in [-0.05, 0) is 138 Å². The van der Waals surface area contributed by atoms with Crippen molar-refractivity contribution in [2.45, 2.75) is 19.8 Å². The lowest BCUT2D eigenvalue weighted by Crippen LogP contribution is -2.09. The molecule has 7 aromatic rings. The van der Waals surface area contributed by atoms with Gasteiger partial charge in [-0.15, -0.1) is 0 Å². The van der Waals surface area contributed by atoms with E-state index in [0.29, 0.717) is 5.92 Å². The van der Waals surface area contributed by atoms with Crippen LogP contribution in [0, 0.1) is 11.8 Å². The highest BCUT2D eigenvalue weighted by Gasteiger charge is 2.24. The lowest BCUT2D eigenvalue weighted by atomic mass is 9.80. The first-order valence-electron chi connectivity index (χ1n) is 19.9. The van der Waals surface area contributed by atoms with Gasteiger partial charge in [-0.1, -0.05) is 159 Å². The fourth-order valence-electron chi connectivity index (χ4n) is 8.37. The Morgan fingerprint density at radius 3 is 1.95 bits per heavy atom. The third kappa shape index (κ3) is 7.43. The zero-order valence-corrected chi connectivity index (χ0v) is 32.2. The third-order valence-corrected chi connectivity index (χ3v) is 11.2. The van der Waals surface area contributed by atoms with Gasteiger partial charge in [-0.2, -0.15) is 0 Å². The van der Waals surface area contributed by atoms with Crippen LogP contribution in [0.5, 0.6) is 0 Å². The number of allylic oxidation sites excluding steroid dienone is 7. The summed E-state index contributed by atoms with van der Waals surface area (Å²) in [6.45, 7) is 6.01. The molecule has 274 valence electrons. The molecule has 2 unspecified atom stereocenters. The quantitative estimate of drug-likeness (QED) is 0.0802. The zero-order valence-electron chi connectivity index (χ0n) is 32.2. The van der Waals surface area contributed by atoms with Crippen LogP contribution >= 0.6 is 0 Å². The third-order valence-electron chi connectivity index (χ3n) is 11.2. The van der Waals surface area contributed by atoms with Crippen molar-refractivity contribution in [3.8, 4) is 44.5 Å². The van der Waals surface area contributed by atoms with Crippen molar-refractivity contribution < 1.29 is 0 Å². The summed E-state index contributed by atoms with van der Waals surface area (Å²) in [5.41, 5.74) is 14.4. The summed E-state index contributed by atoms with van der Waals surface area (Å²) in [7, 11) is 0. The fraction of sp³-hybridized carbons (Fsp3) is 0.0909. The van der Waals surface area contributed by atoms with Crippen LogP contribution in [-0.2, 0) is 0 Å². The molecular formula is C55H44N2. The van der Waals surface area contributed by atoms with Crippen molar-refractivity contribution in [2.75, 3.05) is 0 Å². The monoisotopic (exact) mass is 732 g/mol. The summed E-state index contributed by atoms with van der Waals surface area (Å²) >= 11 is 0. The Labute approximate surface area is 336 Å². The number of nitrogens with zero attached hydrogens (tertiary/aromatic N) is 2. The summed E-state index contributed by atoms with van der Waals surface area (Å²) in [5.74, 6) is 0.707. The predicted octanol–water partition coefficient (Wildman–Crippen LogP) is 14.7. The molecule has 0 spiro atoms. The number of rotatable bonds is 9. The molecule has 0 saturated carbocycles. The average molecular weight is 733 g/mol. The molecule has 0 amide bonds. The van der Waals surface area contributed by atoms with Crippen LogP contribution in [0.2, 0.25) is 0 Å². The number of aliphatic imine (C=N–C) groups is 2. The van der Waals surface area contributed by atoms with Gasteiger partial charge in [0, 0.05) is 30.2 Å². The zero-order chi connectivity index (χ0) is 38.6. The molecule has 57 heavy (non-hydrogen) atoms. The molecule has 0 radical (unpaired) electrons. The maximum atomic E-state index is 4.94. The van der Waals surface area contributed by atoms with Crippen LogP contribution in [0.3, 0.4) is 0 Å². The summed E-state index contributed by atoms with van der Waals surface area (Å²) in [4.78, 5) is 9.45. The summed E-state index contributed by atoms with van der Waals surface area (Å²) in [5, 5.41) is 4.96. The molecule has 9 rings (SSSR count). The van der Waals surface area contributed by atoms with E-state index < -0.39 is 0 Å². The van der Waals surface area contributed by atoms with Crippen LogP contribution in [0.4, 0.5) is 0 Å². The van der Waals surface area contributed by atoms with Crippen LogP contribution in [0.25, 0.3) is 71.6 Å². The van der Waals surface area contributed by atoms with E-state index in [1.54, 1.807) is 12.3 Å². The molecule has 0 aromatic heterocycles. The van der Waals surface area contributed by atoms with Crippen molar-refractivity contribution in [3.63, 3.8) is 0 Å². The first-order valence-corrected chi connectivity index (χ1v) is 19.9. The van der Waals surface area contributed by atoms with Gasteiger partial charge in [0.15, 0.2) is 0 Å². The first kappa shape index (κ1) is 35.8. The van der Waals surface area contributed by atoms with Gasteiger partial charge >= 0.3 is 0 Å². The number of hydrogen-bond donors (Lipinski definition) is 0. The second-order valence-corrected chi connectivity index (χ2v) is 15.1. The molecule has 1 aliphatic carbocycles. The SMILES string of the molecule is C=C/C=C\N=C\c1cccc(-c2c3ccccc3c(C3=CC=CC(C4=CCC(C)C=N4)C3)c3cc(-c4cc(-c5ccccc5)cc(-c5ccccc5)c4)ccc23)c1. The maximum Gasteiger partial charge on any atom is 0.0432 e. The Hall–Kier alpha value is -6.90. The Morgan fingerprint density at radius 1 is 0.614 bits per heavy atom. The van der Waals surface area contributed by atoms with Gasteiger partial charge in [-0.25, -0.2) is 0 Å². The van der Waals surface area contributed by atoms with Gasteiger partial charge in [0.2, 0.25) is 0 Å². The van der Waals surface area contributed by atoms with Crippen LogP contribution < -0.4 is 0 Å². The molecule has 0 bridgehead atoms. The van der Waals surface area contributed by atoms with Gasteiger partial charge in [-0.3, -0.25) is 9.98 Å². The van der Waals surface area contributed by atoms with Crippen molar-refractivity contribution in [1.82, 2.24) is 0 Å². The average Bonchev–Trinajstić information content (AvgIpc) is 3.27. The molecule has 2 nitrogen and oxygen atoms in total. The highest BCUT2D eigenvalue weighted by atomic mass is 14.8. The Kier molecular flexibility index (Phi) is 10.1. The largest absolute Gasteiger partial charge is 0.265 e. The molecule has 2 atom stereocenters. The molecule has 0 saturated heterocycles. The van der Waals surface area contributed by atoms with Crippen molar-refractivity contribution in [3.05, 3.63) is 212 Å². The highest BCUT2D eigenvalue weighted by Crippen LogP contribution is 2.46. The van der Waals surface area contributed by atoms with E-state index in [1.165, 1.54) is 77.3 Å². The van der Waals surface area contributed by atoms with Crippen molar-refractivity contribution in [2.24, 2.45) is 21.8 Å². The van der Waals surface area contributed by atoms with Gasteiger partial charge < -0.3 is 0 Å². The van der Waals surface area contributed by atoms with E-state index in [9.17, 15) is 0 Å². The molecule has 2 aliphatic rings. The van der Waals surface area contributed by atoms with Crippen molar-refractivity contribution in [1.29, 1.82) is 0 Å². The second-order valence-electron chi connectivity index (χ2n) is 15.1. The topological polar surface area (TPSA) is 24.7 Å². The maximum absolute atomic E-state index is 4.94. The van der Waals surface area contributed by atoms with E-state index in [4.69, 9.17) is 4.99 Å². The summed E-state index contributed by atoms with van der Waals surface area (Å²) in [6.07, 6.45) is 20.5. The lowest BCUT2D eigenvalue weighted by molar-refractivity contribution is 0.715. The van der Waals surface area contributed by atoms with Gasteiger partial charge in [0.25, 0.3) is 0 Å². The molecule has 0 fully saturated rings. The predicted molar refractivity (Wildman–Crippen MR) is 246 cm³/mol. The molecule has 1 aliphatic heterocycles. The second kappa shape index (κ2) is 16.1. The summed E-state index contributed by atoms with van der Waals surface area (Å²) in [6, 6.07) is 53.2. The van der Waals surface area contributed by atoms with Crippen LogP contribution in [0.1, 0.15) is 30.9 Å². The number of fused-ring (bicyclic) bond motifs is 2. The minimum atomic E-state index is 0.229. The Morgan fingerprint density at radius 2 is 1.26 bits per heavy atom. The highest BCUT2D eigenvalue weighted by molar-refractivity contribution is 6.19. The lowest BCUT2D eigenvalue weighted by Gasteiger charge is -2.25. The first-order chi connectivity index (χ1) is 28.1. The van der Waals surface area contributed by atoms with E-state index in [1.807, 2.05) is 12.3 Å². The minimum Gasteiger partial charge on any atom is -0.265 e. The molecule has 7 aromatic carbocycles. The normalized spacial score (nSPS) is 16.7. The number of hydrogen-bond acceptors (Lipinski definition) is 2. The van der Waals surface area contributed by atoms with Crippen LogP contribution in [-0.4, -0.2) is 12.4 Å². The molecule has 1 heterocycles. The molecule has 2 heteroatoms. The minimum absolute atomic E-state index is 0.229. The van der Waals surface area contributed by atoms with E-state index in [0.717, 1.165) is 24.0 Å². The molecular weight excluding hydrogens is 689 g/mol.